The van der Waals surface area contributed by atoms with Gasteiger partial charge in [-0.1, -0.05) is 30.8 Å². The molecule has 1 aromatic heterocycles. The molecular formula is C20H23N3O2S. The molecule has 1 saturated heterocycles. The molecule has 2 aliphatic rings. The summed E-state index contributed by atoms with van der Waals surface area (Å²) in [6, 6.07) is 12.4. The number of fused-ring (bicyclic) bond motifs is 1. The van der Waals surface area contributed by atoms with Gasteiger partial charge in [0.2, 0.25) is 0 Å². The summed E-state index contributed by atoms with van der Waals surface area (Å²) in [5, 5.41) is 1.66. The third-order valence-corrected chi connectivity index (χ3v) is 5.81. The zero-order chi connectivity index (χ0) is 18.1. The van der Waals surface area contributed by atoms with Crippen LogP contribution in [0.4, 0.5) is 0 Å². The van der Waals surface area contributed by atoms with Crippen LogP contribution in [0.15, 0.2) is 47.6 Å². The summed E-state index contributed by atoms with van der Waals surface area (Å²) in [7, 11) is 1.68. The lowest BCUT2D eigenvalue weighted by Crippen LogP contribution is -2.28. The van der Waals surface area contributed by atoms with Crippen LogP contribution in [-0.2, 0) is 0 Å². The first-order chi connectivity index (χ1) is 12.7. The Kier molecular flexibility index (Phi) is 4.76. The molecular weight excluding hydrogens is 346 g/mol. The molecule has 2 aromatic rings. The average Bonchev–Trinajstić information content (AvgIpc) is 3.19. The molecule has 3 heterocycles. The number of ether oxygens (including phenoxy) is 2. The molecule has 0 amide bonds. The first-order valence-electron chi connectivity index (χ1n) is 8.94. The molecule has 136 valence electrons. The maximum Gasteiger partial charge on any atom is 0.161 e. The van der Waals surface area contributed by atoms with E-state index in [1.807, 2.05) is 43.1 Å². The Morgan fingerprint density at radius 1 is 1.23 bits per heavy atom. The van der Waals surface area contributed by atoms with Crippen LogP contribution < -0.4 is 9.47 Å². The molecule has 0 aliphatic carbocycles. The van der Waals surface area contributed by atoms with Crippen LogP contribution in [-0.4, -0.2) is 40.6 Å². The van der Waals surface area contributed by atoms with Gasteiger partial charge in [-0.05, 0) is 36.8 Å². The van der Waals surface area contributed by atoms with E-state index in [9.17, 15) is 0 Å². The van der Waals surface area contributed by atoms with Gasteiger partial charge in [0.05, 0.1) is 25.5 Å². The normalized spacial score (nSPS) is 24.3. The molecule has 0 radical (unpaired) electrons. The van der Waals surface area contributed by atoms with E-state index >= 15 is 0 Å². The van der Waals surface area contributed by atoms with Gasteiger partial charge in [-0.2, -0.15) is 0 Å². The number of pyridine rings is 1. The van der Waals surface area contributed by atoms with E-state index in [2.05, 4.69) is 35.0 Å². The SMILES string of the molecule is CCOc1ccc([C@@H]2[C@H](c3ccccn3)N=C3S[C@@H](C)CN32)cc1OC. The van der Waals surface area contributed by atoms with Gasteiger partial charge in [0, 0.05) is 18.0 Å². The van der Waals surface area contributed by atoms with E-state index in [0.29, 0.717) is 11.9 Å². The molecule has 0 saturated carbocycles. The smallest absolute Gasteiger partial charge is 0.161 e. The molecule has 1 aromatic carbocycles. The third-order valence-electron chi connectivity index (χ3n) is 4.71. The first kappa shape index (κ1) is 17.2. The van der Waals surface area contributed by atoms with Crippen molar-refractivity contribution in [1.29, 1.82) is 0 Å². The molecule has 0 N–H and O–H groups in total. The van der Waals surface area contributed by atoms with Crippen molar-refractivity contribution in [2.45, 2.75) is 31.2 Å². The van der Waals surface area contributed by atoms with Crippen LogP contribution in [0.1, 0.15) is 37.2 Å². The van der Waals surface area contributed by atoms with E-state index in [1.54, 1.807) is 7.11 Å². The van der Waals surface area contributed by atoms with E-state index in [0.717, 1.165) is 28.9 Å². The number of methoxy groups -OCH3 is 1. The van der Waals surface area contributed by atoms with Gasteiger partial charge in [0.25, 0.3) is 0 Å². The lowest BCUT2D eigenvalue weighted by Gasteiger charge is -2.28. The maximum atomic E-state index is 5.68. The number of rotatable bonds is 5. The summed E-state index contributed by atoms with van der Waals surface area (Å²) in [6.45, 7) is 5.83. The van der Waals surface area contributed by atoms with Crippen LogP contribution >= 0.6 is 11.8 Å². The van der Waals surface area contributed by atoms with Crippen molar-refractivity contribution in [3.05, 3.63) is 53.9 Å². The molecule has 1 fully saturated rings. The Balaban J connectivity index is 1.75. The minimum Gasteiger partial charge on any atom is -0.493 e. The lowest BCUT2D eigenvalue weighted by molar-refractivity contribution is 0.304. The number of nitrogens with zero attached hydrogens (tertiary/aromatic N) is 3. The van der Waals surface area contributed by atoms with Gasteiger partial charge in [-0.15, -0.1) is 0 Å². The Labute approximate surface area is 158 Å². The summed E-state index contributed by atoms with van der Waals surface area (Å²) in [5.41, 5.74) is 2.18. The van der Waals surface area contributed by atoms with Gasteiger partial charge in [0.1, 0.15) is 6.04 Å². The Bertz CT molecular complexity index is 812. The molecule has 6 heteroatoms. The number of aliphatic imine (C=N–C) groups is 1. The summed E-state index contributed by atoms with van der Waals surface area (Å²) in [5.74, 6) is 1.54. The fourth-order valence-electron chi connectivity index (χ4n) is 3.62. The molecule has 2 aliphatic heterocycles. The van der Waals surface area contributed by atoms with Crippen molar-refractivity contribution in [1.82, 2.24) is 9.88 Å². The van der Waals surface area contributed by atoms with Gasteiger partial charge >= 0.3 is 0 Å². The zero-order valence-electron chi connectivity index (χ0n) is 15.3. The number of aromatic nitrogens is 1. The van der Waals surface area contributed by atoms with Gasteiger partial charge in [-0.25, -0.2) is 0 Å². The van der Waals surface area contributed by atoms with Crippen molar-refractivity contribution < 1.29 is 9.47 Å². The van der Waals surface area contributed by atoms with E-state index in [4.69, 9.17) is 14.5 Å². The molecule has 0 bridgehead atoms. The molecule has 0 unspecified atom stereocenters. The second kappa shape index (κ2) is 7.19. The fourth-order valence-corrected chi connectivity index (χ4v) is 4.71. The molecule has 3 atom stereocenters. The van der Waals surface area contributed by atoms with Gasteiger partial charge in [-0.3, -0.25) is 9.98 Å². The van der Waals surface area contributed by atoms with Crippen molar-refractivity contribution >= 4 is 16.9 Å². The van der Waals surface area contributed by atoms with Crippen LogP contribution in [0.25, 0.3) is 0 Å². The summed E-state index contributed by atoms with van der Waals surface area (Å²) in [4.78, 5) is 12.0. The van der Waals surface area contributed by atoms with Crippen LogP contribution in [0.3, 0.4) is 0 Å². The van der Waals surface area contributed by atoms with E-state index in [1.165, 1.54) is 5.56 Å². The van der Waals surface area contributed by atoms with Crippen LogP contribution in [0, 0.1) is 0 Å². The average molecular weight is 369 g/mol. The fraction of sp³-hybridized carbons (Fsp3) is 0.400. The van der Waals surface area contributed by atoms with Gasteiger partial charge < -0.3 is 14.4 Å². The highest BCUT2D eigenvalue weighted by Gasteiger charge is 2.43. The van der Waals surface area contributed by atoms with Crippen molar-refractivity contribution in [2.24, 2.45) is 4.99 Å². The number of amidine groups is 1. The molecule has 4 rings (SSSR count). The third kappa shape index (κ3) is 3.03. The van der Waals surface area contributed by atoms with Crippen LogP contribution in [0.5, 0.6) is 11.5 Å². The van der Waals surface area contributed by atoms with Crippen molar-refractivity contribution in [2.75, 3.05) is 20.3 Å². The Morgan fingerprint density at radius 3 is 2.85 bits per heavy atom. The molecule has 0 spiro atoms. The first-order valence-corrected chi connectivity index (χ1v) is 9.82. The highest BCUT2D eigenvalue weighted by molar-refractivity contribution is 8.14. The Hall–Kier alpha value is -2.21. The number of hydrogen-bond acceptors (Lipinski definition) is 6. The van der Waals surface area contributed by atoms with Gasteiger partial charge in [0.15, 0.2) is 16.7 Å². The van der Waals surface area contributed by atoms with Crippen molar-refractivity contribution in [3.63, 3.8) is 0 Å². The zero-order valence-corrected chi connectivity index (χ0v) is 16.1. The predicted octanol–water partition coefficient (Wildman–Crippen LogP) is 4.08. The second-order valence-corrected chi connectivity index (χ2v) is 7.89. The molecule has 26 heavy (non-hydrogen) atoms. The minimum atomic E-state index is -0.00569. The largest absolute Gasteiger partial charge is 0.493 e. The quantitative estimate of drug-likeness (QED) is 0.795. The van der Waals surface area contributed by atoms with Crippen molar-refractivity contribution in [3.8, 4) is 11.5 Å². The lowest BCUT2D eigenvalue weighted by atomic mass is 9.96. The van der Waals surface area contributed by atoms with Crippen LogP contribution in [0.2, 0.25) is 0 Å². The number of hydrogen-bond donors (Lipinski definition) is 0. The number of thioether (sulfide) groups is 1. The second-order valence-electron chi connectivity index (χ2n) is 6.48. The maximum absolute atomic E-state index is 5.68. The highest BCUT2D eigenvalue weighted by atomic mass is 32.2. The summed E-state index contributed by atoms with van der Waals surface area (Å²) < 4.78 is 11.2. The summed E-state index contributed by atoms with van der Waals surface area (Å²) >= 11 is 1.85. The standard InChI is InChI=1S/C20H23N3O2S/c1-4-25-16-9-8-14(11-17(16)24-3)19-18(15-7-5-6-10-21-15)22-20-23(19)12-13(2)26-20/h5-11,13,18-19H,4,12H2,1-3H3/t13-,18-,19+/m0/s1. The predicted molar refractivity (Wildman–Crippen MR) is 105 cm³/mol. The summed E-state index contributed by atoms with van der Waals surface area (Å²) in [6.07, 6.45) is 1.84. The van der Waals surface area contributed by atoms with E-state index in [-0.39, 0.29) is 12.1 Å². The monoisotopic (exact) mass is 369 g/mol. The minimum absolute atomic E-state index is 0.00569. The van der Waals surface area contributed by atoms with E-state index < -0.39 is 0 Å². The topological polar surface area (TPSA) is 47.0 Å². The molecule has 5 nitrogen and oxygen atoms in total. The Morgan fingerprint density at radius 2 is 2.12 bits per heavy atom. The number of benzene rings is 1. The highest BCUT2D eigenvalue weighted by Crippen LogP contribution is 2.48.